The predicted octanol–water partition coefficient (Wildman–Crippen LogP) is 4.84. The van der Waals surface area contributed by atoms with Gasteiger partial charge in [-0.05, 0) is 49.2 Å². The summed E-state index contributed by atoms with van der Waals surface area (Å²) >= 11 is 0. The van der Waals surface area contributed by atoms with E-state index in [1.54, 1.807) is 31.2 Å². The van der Waals surface area contributed by atoms with Crippen LogP contribution in [0.3, 0.4) is 0 Å². The first kappa shape index (κ1) is 19.4. The largest absolute Gasteiger partial charge is 0.539 e. The van der Waals surface area contributed by atoms with Crippen LogP contribution in [0.15, 0.2) is 36.1 Å². The molecule has 0 aliphatic carbocycles. The predicted molar refractivity (Wildman–Crippen MR) is 93.1 cm³/mol. The molecule has 0 spiro atoms. The maximum Gasteiger partial charge on any atom is 0.371 e. The molecule has 5 heteroatoms. The highest BCUT2D eigenvalue weighted by molar-refractivity contribution is 6.74. The maximum atomic E-state index is 13.7. The van der Waals surface area contributed by atoms with Crippen LogP contribution in [0.25, 0.3) is 0 Å². The van der Waals surface area contributed by atoms with Crippen molar-refractivity contribution in [3.63, 3.8) is 0 Å². The third kappa shape index (κ3) is 5.50. The summed E-state index contributed by atoms with van der Waals surface area (Å²) in [5.74, 6) is -0.514. The van der Waals surface area contributed by atoms with Gasteiger partial charge in [0.25, 0.3) is 8.32 Å². The van der Waals surface area contributed by atoms with Gasteiger partial charge in [0, 0.05) is 0 Å². The molecule has 0 aliphatic heterocycles. The summed E-state index contributed by atoms with van der Waals surface area (Å²) in [6.45, 7) is 8.34. The van der Waals surface area contributed by atoms with Crippen LogP contribution in [0, 0.1) is 5.82 Å². The first-order chi connectivity index (χ1) is 11.0. The molecular weight excluding hydrogens is 311 g/mol. The first-order valence-electron chi connectivity index (χ1n) is 8.31. The van der Waals surface area contributed by atoms with Crippen molar-refractivity contribution in [2.75, 3.05) is 6.61 Å². The van der Waals surface area contributed by atoms with E-state index >= 15 is 0 Å². The van der Waals surface area contributed by atoms with Crippen LogP contribution in [-0.4, -0.2) is 20.9 Å². The van der Waals surface area contributed by atoms with Crippen molar-refractivity contribution in [2.24, 2.45) is 0 Å². The van der Waals surface area contributed by atoms with Crippen molar-refractivity contribution in [3.8, 4) is 0 Å². The summed E-state index contributed by atoms with van der Waals surface area (Å²) in [5, 5.41) is 0. The van der Waals surface area contributed by atoms with Gasteiger partial charge >= 0.3 is 5.97 Å². The highest BCUT2D eigenvalue weighted by atomic mass is 28.4. The van der Waals surface area contributed by atoms with Crippen LogP contribution in [-0.2, 0) is 20.4 Å². The molecule has 0 saturated carbocycles. The van der Waals surface area contributed by atoms with E-state index in [-0.39, 0.29) is 18.2 Å². The zero-order valence-electron chi connectivity index (χ0n) is 14.5. The van der Waals surface area contributed by atoms with Gasteiger partial charge in [0.2, 0.25) is 0 Å². The summed E-state index contributed by atoms with van der Waals surface area (Å²) in [6.07, 6.45) is 1.96. The lowest BCUT2D eigenvalue weighted by Crippen LogP contribution is -2.37. The van der Waals surface area contributed by atoms with E-state index in [2.05, 4.69) is 20.8 Å². The van der Waals surface area contributed by atoms with Crippen molar-refractivity contribution in [3.05, 3.63) is 47.5 Å². The number of esters is 1. The van der Waals surface area contributed by atoms with Crippen LogP contribution in [0.1, 0.15) is 33.3 Å². The number of carbonyl (C=O) groups is 1. The molecule has 0 saturated heterocycles. The second-order valence-corrected chi connectivity index (χ2v) is 10.1. The van der Waals surface area contributed by atoms with E-state index < -0.39 is 14.3 Å². The van der Waals surface area contributed by atoms with E-state index in [1.165, 1.54) is 6.07 Å². The van der Waals surface area contributed by atoms with E-state index in [1.807, 2.05) is 0 Å². The lowest BCUT2D eigenvalue weighted by Gasteiger charge is -2.29. The molecule has 0 heterocycles. The highest BCUT2D eigenvalue weighted by Crippen LogP contribution is 2.25. The van der Waals surface area contributed by atoms with Gasteiger partial charge in [-0.15, -0.1) is 0 Å². The standard InChI is InChI=1S/C18H27FO3Si/c1-5-21-18(20)17(22-23(6-2,7-3)8-4)14-13-15-11-9-10-12-16(15)19/h9-12,14H,5-8,13H2,1-4H3/b17-14-. The van der Waals surface area contributed by atoms with E-state index in [0.29, 0.717) is 12.0 Å². The van der Waals surface area contributed by atoms with Crippen molar-refractivity contribution in [2.45, 2.75) is 52.2 Å². The van der Waals surface area contributed by atoms with Gasteiger partial charge in [0.05, 0.1) is 6.61 Å². The minimum atomic E-state index is -1.99. The fourth-order valence-corrected chi connectivity index (χ4v) is 5.00. The molecule has 0 unspecified atom stereocenters. The Balaban J connectivity index is 3.02. The van der Waals surface area contributed by atoms with Crippen LogP contribution in [0.5, 0.6) is 0 Å². The molecule has 0 radical (unpaired) electrons. The molecule has 0 bridgehead atoms. The van der Waals surface area contributed by atoms with E-state index in [4.69, 9.17) is 9.16 Å². The van der Waals surface area contributed by atoms with Gasteiger partial charge in [-0.2, -0.15) is 0 Å². The molecule has 3 nitrogen and oxygen atoms in total. The fraction of sp³-hybridized carbons (Fsp3) is 0.500. The number of allylic oxidation sites excluding steroid dienone is 1. The topological polar surface area (TPSA) is 35.5 Å². The van der Waals surface area contributed by atoms with Gasteiger partial charge in [-0.25, -0.2) is 9.18 Å². The van der Waals surface area contributed by atoms with Crippen molar-refractivity contribution in [1.29, 1.82) is 0 Å². The molecule has 0 atom stereocenters. The zero-order valence-corrected chi connectivity index (χ0v) is 15.5. The van der Waals surface area contributed by atoms with Gasteiger partial charge in [0.15, 0.2) is 5.76 Å². The third-order valence-corrected chi connectivity index (χ3v) is 8.72. The molecule has 128 valence electrons. The number of benzene rings is 1. The van der Waals surface area contributed by atoms with Gasteiger partial charge < -0.3 is 9.16 Å². The Labute approximate surface area is 139 Å². The minimum absolute atomic E-state index is 0.229. The van der Waals surface area contributed by atoms with Crippen LogP contribution < -0.4 is 0 Å². The lowest BCUT2D eigenvalue weighted by atomic mass is 10.1. The first-order valence-corrected chi connectivity index (χ1v) is 10.8. The number of hydrogen-bond donors (Lipinski definition) is 0. The Morgan fingerprint density at radius 1 is 1.13 bits per heavy atom. The Morgan fingerprint density at radius 3 is 2.26 bits per heavy atom. The number of halogens is 1. The number of hydrogen-bond acceptors (Lipinski definition) is 3. The Bertz CT molecular complexity index is 531. The van der Waals surface area contributed by atoms with Crippen molar-refractivity contribution in [1.82, 2.24) is 0 Å². The Morgan fingerprint density at radius 2 is 1.74 bits per heavy atom. The summed E-state index contributed by atoms with van der Waals surface area (Å²) in [4.78, 5) is 12.2. The lowest BCUT2D eigenvalue weighted by molar-refractivity contribution is -0.141. The Hall–Kier alpha value is -1.62. The molecule has 1 aromatic carbocycles. The molecule has 0 fully saturated rings. The van der Waals surface area contributed by atoms with Crippen LogP contribution in [0.2, 0.25) is 18.1 Å². The van der Waals surface area contributed by atoms with Crippen molar-refractivity contribution < 1.29 is 18.3 Å². The maximum absolute atomic E-state index is 13.7. The number of rotatable bonds is 9. The highest BCUT2D eigenvalue weighted by Gasteiger charge is 2.33. The van der Waals surface area contributed by atoms with Gasteiger partial charge in [-0.1, -0.05) is 39.0 Å². The van der Waals surface area contributed by atoms with E-state index in [0.717, 1.165) is 18.1 Å². The molecule has 0 aromatic heterocycles. The van der Waals surface area contributed by atoms with Gasteiger partial charge in [-0.3, -0.25) is 0 Å². The monoisotopic (exact) mass is 338 g/mol. The molecule has 0 aliphatic rings. The molecular formula is C18H27FO3Si. The molecule has 1 aromatic rings. The summed E-state index contributed by atoms with van der Waals surface area (Å²) in [5.41, 5.74) is 0.537. The van der Waals surface area contributed by atoms with Crippen molar-refractivity contribution >= 4 is 14.3 Å². The smallest absolute Gasteiger partial charge is 0.371 e. The van der Waals surface area contributed by atoms with E-state index in [9.17, 15) is 9.18 Å². The number of carbonyl (C=O) groups excluding carboxylic acids is 1. The van der Waals surface area contributed by atoms with Gasteiger partial charge in [0.1, 0.15) is 5.82 Å². The average molecular weight is 338 g/mol. The van der Waals surface area contributed by atoms with Crippen LogP contribution >= 0.6 is 0 Å². The zero-order chi connectivity index (χ0) is 17.3. The quantitative estimate of drug-likeness (QED) is 0.280. The molecule has 1 rings (SSSR count). The normalized spacial score (nSPS) is 12.1. The third-order valence-electron chi connectivity index (χ3n) is 4.20. The van der Waals surface area contributed by atoms with Crippen LogP contribution in [0.4, 0.5) is 4.39 Å². The second kappa shape index (κ2) is 9.50. The second-order valence-electron chi connectivity index (χ2n) is 5.43. The minimum Gasteiger partial charge on any atom is -0.539 e. The molecule has 0 amide bonds. The number of ether oxygens (including phenoxy) is 1. The molecule has 23 heavy (non-hydrogen) atoms. The molecule has 0 N–H and O–H groups in total. The summed E-state index contributed by atoms with van der Waals surface area (Å²) < 4.78 is 25.0. The average Bonchev–Trinajstić information content (AvgIpc) is 2.57. The SMILES string of the molecule is CCOC(=O)/C(=C/Cc1ccccc1F)O[Si](CC)(CC)CC. The Kier molecular flexibility index (Phi) is 8.02. The summed E-state index contributed by atoms with van der Waals surface area (Å²) in [7, 11) is -1.99. The fourth-order valence-electron chi connectivity index (χ4n) is 2.44. The summed E-state index contributed by atoms with van der Waals surface area (Å²) in [6, 6.07) is 9.33.